The average Bonchev–Trinajstić information content (AvgIpc) is 3.12. The minimum absolute atomic E-state index is 0.00939. The molecule has 9 nitrogen and oxygen atoms in total. The van der Waals surface area contributed by atoms with Crippen molar-refractivity contribution in [3.05, 3.63) is 119 Å². The van der Waals surface area contributed by atoms with Gasteiger partial charge in [0.1, 0.15) is 0 Å². The molecule has 0 aromatic heterocycles. The molecule has 6 N–H and O–H groups in total. The molecule has 0 spiro atoms. The maximum absolute atomic E-state index is 12.5. The molecule has 1 saturated heterocycles. The molecule has 0 unspecified atom stereocenters. The number of carbonyl (C=O) groups excluding carboxylic acids is 2. The molecular formula is C38H43N3O6S. The standard InChI is InChI=1S/C38H43N3O6S/c39-33-10-1-2-11-34(33)41-37(45)13-5-12-36(44)40-23-27-6-3-7-29(20-27)30-8-4-9-31(21-30)38-46-32(25-48-19-18-42)22-35(47-38)28-16-14-26(24-43)15-17-28/h1-4,6-11,14-17,20-21,32,35,38,42-43H,5,12-13,18-19,22-25,39H2,(H,40,44)(H,41,45)/t32-,35+,38+/m0/s1. The molecule has 2 amide bonds. The van der Waals surface area contributed by atoms with Gasteiger partial charge >= 0.3 is 0 Å². The van der Waals surface area contributed by atoms with Crippen LogP contribution in [0.25, 0.3) is 11.1 Å². The second kappa shape index (κ2) is 17.8. The number of nitrogens with one attached hydrogen (secondary N) is 2. The Bertz CT molecular complexity index is 1650. The highest BCUT2D eigenvalue weighted by molar-refractivity contribution is 7.99. The molecule has 10 heteroatoms. The SMILES string of the molecule is Nc1ccccc1NC(=O)CCCC(=O)NCc1cccc(-c2cccc([C@@H]3O[C@H](CSCCO)C[C@H](c4ccc(CO)cc4)O3)c2)c1. The van der Waals surface area contributed by atoms with E-state index in [1.165, 1.54) is 0 Å². The van der Waals surface area contributed by atoms with Crippen molar-refractivity contribution in [1.29, 1.82) is 0 Å². The van der Waals surface area contributed by atoms with Crippen molar-refractivity contribution < 1.29 is 29.3 Å². The highest BCUT2D eigenvalue weighted by Crippen LogP contribution is 2.39. The lowest BCUT2D eigenvalue weighted by Gasteiger charge is -2.36. The monoisotopic (exact) mass is 669 g/mol. The fourth-order valence-electron chi connectivity index (χ4n) is 5.55. The van der Waals surface area contributed by atoms with Gasteiger partial charge in [-0.3, -0.25) is 9.59 Å². The normalized spacial score (nSPS) is 17.5. The summed E-state index contributed by atoms with van der Waals surface area (Å²) in [5, 5.41) is 24.5. The van der Waals surface area contributed by atoms with Gasteiger partial charge in [-0.2, -0.15) is 11.8 Å². The number of para-hydroxylation sites is 2. The van der Waals surface area contributed by atoms with Gasteiger partial charge in [-0.15, -0.1) is 0 Å². The van der Waals surface area contributed by atoms with Crippen molar-refractivity contribution >= 4 is 35.0 Å². The number of aliphatic hydroxyl groups excluding tert-OH is 2. The number of nitrogens with two attached hydrogens (primary N) is 1. The van der Waals surface area contributed by atoms with Crippen LogP contribution in [0.5, 0.6) is 0 Å². The van der Waals surface area contributed by atoms with Crippen molar-refractivity contribution in [2.45, 2.75) is 57.3 Å². The minimum atomic E-state index is -0.574. The van der Waals surface area contributed by atoms with E-state index in [-0.39, 0.29) is 50.1 Å². The Labute approximate surface area is 285 Å². The number of nitrogen functional groups attached to an aromatic ring is 1. The first-order chi connectivity index (χ1) is 23.4. The Morgan fingerprint density at radius 3 is 2.33 bits per heavy atom. The van der Waals surface area contributed by atoms with Crippen LogP contribution in [-0.4, -0.2) is 46.2 Å². The second-order valence-electron chi connectivity index (χ2n) is 11.7. The first kappa shape index (κ1) is 35.1. The Morgan fingerprint density at radius 2 is 1.56 bits per heavy atom. The van der Waals surface area contributed by atoms with Crippen LogP contribution >= 0.6 is 11.8 Å². The van der Waals surface area contributed by atoms with E-state index < -0.39 is 6.29 Å². The van der Waals surface area contributed by atoms with E-state index >= 15 is 0 Å². The Kier molecular flexibility index (Phi) is 13.0. The number of hydrogen-bond acceptors (Lipinski definition) is 8. The van der Waals surface area contributed by atoms with E-state index in [1.807, 2.05) is 60.7 Å². The number of carbonyl (C=O) groups is 2. The lowest BCUT2D eigenvalue weighted by molar-refractivity contribution is -0.245. The molecule has 0 aliphatic carbocycles. The molecular weight excluding hydrogens is 627 g/mol. The fourth-order valence-corrected chi connectivity index (χ4v) is 6.32. The number of thioether (sulfide) groups is 1. The number of ether oxygens (including phenoxy) is 2. The number of hydrogen-bond donors (Lipinski definition) is 5. The van der Waals surface area contributed by atoms with Gasteiger partial charge < -0.3 is 36.1 Å². The first-order valence-electron chi connectivity index (χ1n) is 16.2. The summed E-state index contributed by atoms with van der Waals surface area (Å²) in [5.74, 6) is 1.10. The lowest BCUT2D eigenvalue weighted by Crippen LogP contribution is -2.31. The smallest absolute Gasteiger partial charge is 0.224 e. The van der Waals surface area contributed by atoms with E-state index in [1.54, 1.807) is 36.0 Å². The molecule has 4 aromatic carbocycles. The highest BCUT2D eigenvalue weighted by atomic mass is 32.2. The largest absolute Gasteiger partial charge is 0.397 e. The zero-order valence-electron chi connectivity index (χ0n) is 26.8. The molecule has 3 atom stereocenters. The molecule has 252 valence electrons. The van der Waals surface area contributed by atoms with Crippen molar-refractivity contribution in [3.63, 3.8) is 0 Å². The maximum atomic E-state index is 12.5. The average molecular weight is 670 g/mol. The quantitative estimate of drug-likeness (QED) is 0.0753. The number of benzene rings is 4. The van der Waals surface area contributed by atoms with Crippen LogP contribution in [0.1, 0.15) is 60.3 Å². The molecule has 1 aliphatic rings. The molecule has 0 radical (unpaired) electrons. The van der Waals surface area contributed by atoms with Crippen LogP contribution in [0.3, 0.4) is 0 Å². The fraction of sp³-hybridized carbons (Fsp3) is 0.316. The van der Waals surface area contributed by atoms with Crippen molar-refractivity contribution in [1.82, 2.24) is 5.32 Å². The Morgan fingerprint density at radius 1 is 0.812 bits per heavy atom. The number of amides is 2. The molecule has 4 aromatic rings. The van der Waals surface area contributed by atoms with Crippen LogP contribution in [0.4, 0.5) is 11.4 Å². The summed E-state index contributed by atoms with van der Waals surface area (Å²) in [5.41, 5.74) is 12.7. The van der Waals surface area contributed by atoms with Gasteiger partial charge in [-0.25, -0.2) is 0 Å². The molecule has 0 bridgehead atoms. The van der Waals surface area contributed by atoms with E-state index in [2.05, 4.69) is 22.8 Å². The lowest BCUT2D eigenvalue weighted by atomic mass is 9.99. The van der Waals surface area contributed by atoms with Gasteiger partial charge in [0.05, 0.1) is 36.8 Å². The van der Waals surface area contributed by atoms with Crippen LogP contribution < -0.4 is 16.4 Å². The van der Waals surface area contributed by atoms with Crippen molar-refractivity contribution in [2.75, 3.05) is 29.2 Å². The van der Waals surface area contributed by atoms with Crippen LogP contribution in [0, 0.1) is 0 Å². The van der Waals surface area contributed by atoms with E-state index in [0.717, 1.165) is 39.1 Å². The minimum Gasteiger partial charge on any atom is -0.397 e. The Hall–Kier alpha value is -4.19. The van der Waals surface area contributed by atoms with Crippen LogP contribution in [0.15, 0.2) is 97.1 Å². The van der Waals surface area contributed by atoms with Gasteiger partial charge in [0, 0.05) is 42.9 Å². The summed E-state index contributed by atoms with van der Waals surface area (Å²) >= 11 is 1.66. The van der Waals surface area contributed by atoms with Gasteiger partial charge in [-0.05, 0) is 58.5 Å². The topological polar surface area (TPSA) is 143 Å². The highest BCUT2D eigenvalue weighted by Gasteiger charge is 2.32. The first-order valence-corrected chi connectivity index (χ1v) is 17.4. The van der Waals surface area contributed by atoms with E-state index in [4.69, 9.17) is 15.2 Å². The zero-order valence-corrected chi connectivity index (χ0v) is 27.7. The van der Waals surface area contributed by atoms with Crippen molar-refractivity contribution in [3.8, 4) is 11.1 Å². The summed E-state index contributed by atoms with van der Waals surface area (Å²) in [4.78, 5) is 24.8. The summed E-state index contributed by atoms with van der Waals surface area (Å²) in [6, 6.07) is 31.0. The molecule has 1 fully saturated rings. The van der Waals surface area contributed by atoms with Crippen LogP contribution in [0.2, 0.25) is 0 Å². The molecule has 1 heterocycles. The third-order valence-electron chi connectivity index (χ3n) is 8.11. The molecule has 1 aliphatic heterocycles. The third kappa shape index (κ3) is 10.2. The van der Waals surface area contributed by atoms with Crippen LogP contribution in [-0.2, 0) is 32.2 Å². The second-order valence-corrected chi connectivity index (χ2v) is 12.9. The third-order valence-corrected chi connectivity index (χ3v) is 9.18. The number of aliphatic hydroxyl groups is 2. The zero-order chi connectivity index (χ0) is 33.7. The predicted octanol–water partition coefficient (Wildman–Crippen LogP) is 6.12. The van der Waals surface area contributed by atoms with E-state index in [9.17, 15) is 19.8 Å². The predicted molar refractivity (Wildman–Crippen MR) is 190 cm³/mol. The molecule has 5 rings (SSSR count). The van der Waals surface area contributed by atoms with Gasteiger partial charge in [0.25, 0.3) is 0 Å². The van der Waals surface area contributed by atoms with Gasteiger partial charge in [-0.1, -0.05) is 72.8 Å². The number of anilines is 2. The van der Waals surface area contributed by atoms with Crippen molar-refractivity contribution in [2.24, 2.45) is 0 Å². The van der Waals surface area contributed by atoms with Gasteiger partial charge in [0.2, 0.25) is 11.8 Å². The molecule has 48 heavy (non-hydrogen) atoms. The van der Waals surface area contributed by atoms with E-state index in [0.29, 0.717) is 36.5 Å². The summed E-state index contributed by atoms with van der Waals surface area (Å²) in [7, 11) is 0. The van der Waals surface area contributed by atoms with Gasteiger partial charge in [0.15, 0.2) is 6.29 Å². The summed E-state index contributed by atoms with van der Waals surface area (Å²) in [6.45, 7) is 0.487. The number of rotatable bonds is 15. The summed E-state index contributed by atoms with van der Waals surface area (Å²) < 4.78 is 12.9. The molecule has 0 saturated carbocycles. The summed E-state index contributed by atoms with van der Waals surface area (Å²) in [6.07, 6.45) is 0.776. The maximum Gasteiger partial charge on any atom is 0.224 e. The Balaban J connectivity index is 1.18.